The molecular formula is C16H14BrF2NO3. The number of allylic oxidation sites excluding steroid dienone is 1. The van der Waals surface area contributed by atoms with E-state index >= 15 is 0 Å². The summed E-state index contributed by atoms with van der Waals surface area (Å²) >= 11 is 3.14. The average molecular weight is 386 g/mol. The third-order valence-electron chi connectivity index (χ3n) is 3.17. The van der Waals surface area contributed by atoms with Gasteiger partial charge in [-0.3, -0.25) is 4.79 Å². The number of aliphatic hydroxyl groups excluding tert-OH is 1. The fourth-order valence-corrected chi connectivity index (χ4v) is 2.45. The maximum Gasteiger partial charge on any atom is 0.269 e. The van der Waals surface area contributed by atoms with Crippen LogP contribution in [0.2, 0.25) is 0 Å². The lowest BCUT2D eigenvalue weighted by molar-refractivity contribution is 0.264. The molecule has 0 radical (unpaired) electrons. The van der Waals surface area contributed by atoms with Crippen LogP contribution in [0.25, 0.3) is 0 Å². The van der Waals surface area contributed by atoms with Crippen LogP contribution in [0.5, 0.6) is 5.75 Å². The van der Waals surface area contributed by atoms with E-state index in [0.717, 1.165) is 12.1 Å². The lowest BCUT2D eigenvalue weighted by Crippen LogP contribution is -2.24. The second-order valence-electron chi connectivity index (χ2n) is 4.70. The van der Waals surface area contributed by atoms with Crippen molar-refractivity contribution in [1.82, 2.24) is 4.57 Å². The van der Waals surface area contributed by atoms with Gasteiger partial charge in [0.1, 0.15) is 28.5 Å². The van der Waals surface area contributed by atoms with E-state index in [-0.39, 0.29) is 35.5 Å². The SMILES string of the molecule is C=CCn1c(CO)cc(OCc2ccc(F)cc2F)c(Br)c1=O. The summed E-state index contributed by atoms with van der Waals surface area (Å²) in [5, 5.41) is 9.38. The van der Waals surface area contributed by atoms with E-state index in [1.54, 1.807) is 0 Å². The minimum atomic E-state index is -0.733. The van der Waals surface area contributed by atoms with Crippen LogP contribution >= 0.6 is 15.9 Å². The molecule has 1 N–H and O–H groups in total. The first-order chi connectivity index (χ1) is 11.0. The summed E-state index contributed by atoms with van der Waals surface area (Å²) in [6.07, 6.45) is 1.53. The Hall–Kier alpha value is -1.99. The minimum Gasteiger partial charge on any atom is -0.487 e. The maximum absolute atomic E-state index is 13.6. The van der Waals surface area contributed by atoms with Gasteiger partial charge in [0, 0.05) is 24.2 Å². The third-order valence-corrected chi connectivity index (χ3v) is 3.90. The minimum absolute atomic E-state index is 0.152. The summed E-state index contributed by atoms with van der Waals surface area (Å²) in [5.41, 5.74) is 0.0952. The zero-order chi connectivity index (χ0) is 17.0. The van der Waals surface area contributed by atoms with Gasteiger partial charge in [-0.25, -0.2) is 8.78 Å². The molecule has 4 nitrogen and oxygen atoms in total. The molecule has 1 aromatic carbocycles. The number of hydrogen-bond acceptors (Lipinski definition) is 3. The summed E-state index contributed by atoms with van der Waals surface area (Å²) in [5.74, 6) is -1.24. The van der Waals surface area contributed by atoms with Crippen LogP contribution in [-0.4, -0.2) is 9.67 Å². The van der Waals surface area contributed by atoms with Gasteiger partial charge in [0.05, 0.1) is 12.3 Å². The Balaban J connectivity index is 2.31. The van der Waals surface area contributed by atoms with Crippen LogP contribution < -0.4 is 10.3 Å². The van der Waals surface area contributed by atoms with Gasteiger partial charge < -0.3 is 14.4 Å². The Morgan fingerprint density at radius 1 is 1.35 bits per heavy atom. The van der Waals surface area contributed by atoms with Crippen molar-refractivity contribution in [3.63, 3.8) is 0 Å². The van der Waals surface area contributed by atoms with Crippen molar-refractivity contribution in [2.75, 3.05) is 0 Å². The van der Waals surface area contributed by atoms with Crippen molar-refractivity contribution in [2.24, 2.45) is 0 Å². The number of halogens is 3. The zero-order valence-corrected chi connectivity index (χ0v) is 13.6. The number of hydrogen-bond donors (Lipinski definition) is 1. The van der Waals surface area contributed by atoms with Crippen molar-refractivity contribution in [3.05, 3.63) is 74.6 Å². The third kappa shape index (κ3) is 3.86. The molecule has 0 aliphatic heterocycles. The van der Waals surface area contributed by atoms with Crippen molar-refractivity contribution in [1.29, 1.82) is 0 Å². The number of aliphatic hydroxyl groups is 1. The van der Waals surface area contributed by atoms with Crippen molar-refractivity contribution >= 4 is 15.9 Å². The summed E-state index contributed by atoms with van der Waals surface area (Å²) in [4.78, 5) is 12.2. The second-order valence-corrected chi connectivity index (χ2v) is 5.49. The van der Waals surface area contributed by atoms with E-state index in [0.29, 0.717) is 5.69 Å². The molecule has 0 unspecified atom stereocenters. The van der Waals surface area contributed by atoms with Gasteiger partial charge in [-0.15, -0.1) is 6.58 Å². The summed E-state index contributed by atoms with van der Waals surface area (Å²) in [7, 11) is 0. The smallest absolute Gasteiger partial charge is 0.269 e. The lowest BCUT2D eigenvalue weighted by atomic mass is 10.2. The molecule has 0 atom stereocenters. The predicted molar refractivity (Wildman–Crippen MR) is 85.2 cm³/mol. The quantitative estimate of drug-likeness (QED) is 0.777. The molecular weight excluding hydrogens is 372 g/mol. The molecule has 0 amide bonds. The van der Waals surface area contributed by atoms with Gasteiger partial charge in [0.25, 0.3) is 5.56 Å². The van der Waals surface area contributed by atoms with Crippen molar-refractivity contribution in [3.8, 4) is 5.75 Å². The Labute approximate surface area is 139 Å². The number of ether oxygens (including phenoxy) is 1. The Bertz CT molecular complexity index is 790. The van der Waals surface area contributed by atoms with Gasteiger partial charge in [-0.1, -0.05) is 6.08 Å². The van der Waals surface area contributed by atoms with Crippen LogP contribution in [0.3, 0.4) is 0 Å². The van der Waals surface area contributed by atoms with E-state index < -0.39 is 17.2 Å². The highest BCUT2D eigenvalue weighted by molar-refractivity contribution is 9.10. The Kier molecular flexibility index (Phi) is 5.68. The molecule has 23 heavy (non-hydrogen) atoms. The Morgan fingerprint density at radius 3 is 2.70 bits per heavy atom. The highest BCUT2D eigenvalue weighted by atomic mass is 79.9. The molecule has 122 valence electrons. The zero-order valence-electron chi connectivity index (χ0n) is 12.1. The van der Waals surface area contributed by atoms with Gasteiger partial charge in [-0.05, 0) is 28.1 Å². The molecule has 1 heterocycles. The molecule has 7 heteroatoms. The van der Waals surface area contributed by atoms with E-state index in [1.165, 1.54) is 22.8 Å². The number of benzene rings is 1. The van der Waals surface area contributed by atoms with E-state index in [2.05, 4.69) is 22.5 Å². The first kappa shape index (κ1) is 17.4. The highest BCUT2D eigenvalue weighted by Crippen LogP contribution is 2.24. The fraction of sp³-hybridized carbons (Fsp3) is 0.188. The van der Waals surface area contributed by atoms with E-state index in [9.17, 15) is 18.7 Å². The van der Waals surface area contributed by atoms with Gasteiger partial charge in [-0.2, -0.15) is 0 Å². The lowest BCUT2D eigenvalue weighted by Gasteiger charge is -2.14. The van der Waals surface area contributed by atoms with Crippen LogP contribution in [-0.2, 0) is 19.8 Å². The van der Waals surface area contributed by atoms with Gasteiger partial charge in [0.2, 0.25) is 0 Å². The van der Waals surface area contributed by atoms with Crippen LogP contribution in [0.1, 0.15) is 11.3 Å². The molecule has 0 saturated heterocycles. The normalized spacial score (nSPS) is 10.6. The van der Waals surface area contributed by atoms with Crippen molar-refractivity contribution in [2.45, 2.75) is 19.8 Å². The molecule has 0 aliphatic rings. The van der Waals surface area contributed by atoms with Gasteiger partial charge >= 0.3 is 0 Å². The molecule has 2 rings (SSSR count). The first-order valence-corrected chi connectivity index (χ1v) is 7.48. The molecule has 1 aromatic heterocycles. The molecule has 0 aliphatic carbocycles. The molecule has 0 saturated carbocycles. The van der Waals surface area contributed by atoms with E-state index in [4.69, 9.17) is 4.74 Å². The van der Waals surface area contributed by atoms with E-state index in [1.807, 2.05) is 0 Å². The second kappa shape index (κ2) is 7.52. The first-order valence-electron chi connectivity index (χ1n) is 6.68. The number of nitrogens with zero attached hydrogens (tertiary/aromatic N) is 1. The average Bonchev–Trinajstić information content (AvgIpc) is 2.52. The van der Waals surface area contributed by atoms with Crippen molar-refractivity contribution < 1.29 is 18.6 Å². The van der Waals surface area contributed by atoms with Crippen LogP contribution in [0.15, 0.2) is 46.2 Å². The molecule has 2 aromatic rings. The molecule has 0 fully saturated rings. The number of pyridine rings is 1. The number of aromatic nitrogens is 1. The Morgan fingerprint density at radius 2 is 2.09 bits per heavy atom. The summed E-state index contributed by atoms with van der Waals surface area (Å²) < 4.78 is 33.4. The van der Waals surface area contributed by atoms with Crippen LogP contribution in [0.4, 0.5) is 8.78 Å². The maximum atomic E-state index is 13.6. The monoisotopic (exact) mass is 385 g/mol. The summed E-state index contributed by atoms with van der Waals surface area (Å²) in [6, 6.07) is 4.63. The largest absolute Gasteiger partial charge is 0.487 e. The van der Waals surface area contributed by atoms with Gasteiger partial charge in [0.15, 0.2) is 0 Å². The molecule has 0 bridgehead atoms. The van der Waals surface area contributed by atoms with Crippen LogP contribution in [0, 0.1) is 11.6 Å². The fourth-order valence-electron chi connectivity index (χ4n) is 2.01. The topological polar surface area (TPSA) is 51.5 Å². The number of rotatable bonds is 6. The predicted octanol–water partition coefficient (Wildman–Crippen LogP) is 3.15. The highest BCUT2D eigenvalue weighted by Gasteiger charge is 2.14. The summed E-state index contributed by atoms with van der Waals surface area (Å²) in [6.45, 7) is 3.25. The molecule has 0 spiro atoms. The standard InChI is InChI=1S/C16H14BrF2NO3/c1-2-5-20-12(8-21)7-14(15(17)16(20)22)23-9-10-3-4-11(18)6-13(10)19/h2-4,6-7,21H,1,5,8-9H2.